The maximum absolute atomic E-state index is 9.87. The Morgan fingerprint density at radius 1 is 0.762 bits per heavy atom. The van der Waals surface area contributed by atoms with Crippen molar-refractivity contribution < 1.29 is 1.37 Å². The predicted molar refractivity (Wildman–Crippen MR) is 176 cm³/mol. The zero-order chi connectivity index (χ0) is 29.7. The highest BCUT2D eigenvalue weighted by Gasteiger charge is 2.31. The van der Waals surface area contributed by atoms with Crippen LogP contribution in [0, 0.1) is 5.41 Å². The van der Waals surface area contributed by atoms with Crippen LogP contribution in [0.3, 0.4) is 0 Å². The molecule has 1 aliphatic carbocycles. The molecule has 3 heterocycles. The summed E-state index contributed by atoms with van der Waals surface area (Å²) in [6, 6.07) is 30.1. The summed E-state index contributed by atoms with van der Waals surface area (Å²) in [7, 11) is 0. The minimum Gasteiger partial charge on any atom is -0.290 e. The fraction of sp³-hybridized carbons (Fsp3) is 0.316. The summed E-state index contributed by atoms with van der Waals surface area (Å²) in [6.07, 6.45) is 3.76. The lowest BCUT2D eigenvalue weighted by molar-refractivity contribution is 0.225. The standard InChI is InChI=1S/C38H38N4/c1-37(2,3)28-14-8-6-12-26(28)35-40-33-25(24-20-22-38(4,5)23-21-24)18-19-32-34(33)42(35)30-16-10-7-13-27(30)36-39-29-15-9-11-17-31(29)41(32)36/h6-19,24H,20-23H2,1-5H3/i24D. The monoisotopic (exact) mass is 551 g/mol. The maximum Gasteiger partial charge on any atom is 0.147 e. The van der Waals surface area contributed by atoms with Crippen LogP contribution in [0.5, 0.6) is 0 Å². The van der Waals surface area contributed by atoms with Crippen LogP contribution >= 0.6 is 0 Å². The van der Waals surface area contributed by atoms with Gasteiger partial charge >= 0.3 is 0 Å². The average Bonchev–Trinajstić information content (AvgIpc) is 3.54. The van der Waals surface area contributed by atoms with Crippen LogP contribution in [0.1, 0.15) is 78.7 Å². The van der Waals surface area contributed by atoms with Gasteiger partial charge in [0.2, 0.25) is 0 Å². The van der Waals surface area contributed by atoms with Crippen molar-refractivity contribution in [2.45, 2.75) is 71.6 Å². The third-order valence-corrected chi connectivity index (χ3v) is 9.53. The van der Waals surface area contributed by atoms with Crippen molar-refractivity contribution in [1.29, 1.82) is 0 Å². The highest BCUT2D eigenvalue weighted by atomic mass is 15.1. The van der Waals surface area contributed by atoms with E-state index >= 15 is 0 Å². The number of nitrogens with zero attached hydrogens (tertiary/aromatic N) is 4. The van der Waals surface area contributed by atoms with Crippen LogP contribution in [0.2, 0.25) is 0 Å². The fourth-order valence-corrected chi connectivity index (χ4v) is 7.18. The van der Waals surface area contributed by atoms with E-state index in [0.29, 0.717) is 0 Å². The van der Waals surface area contributed by atoms with E-state index in [-0.39, 0.29) is 10.8 Å². The molecule has 210 valence electrons. The lowest BCUT2D eigenvalue weighted by Crippen LogP contribution is -2.20. The zero-order valence-electron chi connectivity index (χ0n) is 26.2. The summed E-state index contributed by atoms with van der Waals surface area (Å²) in [5.74, 6) is 0.246. The molecule has 0 saturated heterocycles. The normalized spacial score (nSPS) is 17.5. The van der Waals surface area contributed by atoms with Gasteiger partial charge in [-0.3, -0.25) is 8.80 Å². The first-order valence-electron chi connectivity index (χ1n) is 15.8. The third-order valence-electron chi connectivity index (χ3n) is 9.53. The molecule has 0 radical (unpaired) electrons. The van der Waals surface area contributed by atoms with Gasteiger partial charge < -0.3 is 0 Å². The third kappa shape index (κ3) is 3.74. The summed E-state index contributed by atoms with van der Waals surface area (Å²) in [5, 5.41) is 1.07. The van der Waals surface area contributed by atoms with E-state index in [1.54, 1.807) is 0 Å². The van der Waals surface area contributed by atoms with Crippen molar-refractivity contribution in [3.8, 4) is 11.4 Å². The smallest absolute Gasteiger partial charge is 0.147 e. The van der Waals surface area contributed by atoms with Gasteiger partial charge in [0.05, 0.1) is 33.1 Å². The van der Waals surface area contributed by atoms with E-state index in [0.717, 1.165) is 86.8 Å². The summed E-state index contributed by atoms with van der Waals surface area (Å²) >= 11 is 0. The van der Waals surface area contributed by atoms with Crippen molar-refractivity contribution in [3.63, 3.8) is 0 Å². The van der Waals surface area contributed by atoms with Crippen LogP contribution in [0.4, 0.5) is 0 Å². The lowest BCUT2D eigenvalue weighted by Gasteiger charge is -2.34. The molecule has 0 N–H and O–H groups in total. The average molecular weight is 552 g/mol. The Labute approximate surface area is 248 Å². The molecular weight excluding hydrogens is 512 g/mol. The van der Waals surface area contributed by atoms with Crippen molar-refractivity contribution >= 4 is 44.1 Å². The molecule has 0 amide bonds. The topological polar surface area (TPSA) is 34.6 Å². The molecule has 8 rings (SSSR count). The highest BCUT2D eigenvalue weighted by molar-refractivity contribution is 6.06. The van der Waals surface area contributed by atoms with Gasteiger partial charge in [-0.1, -0.05) is 89.2 Å². The van der Waals surface area contributed by atoms with Crippen LogP contribution in [-0.4, -0.2) is 18.8 Å². The molecule has 0 aliphatic heterocycles. The Morgan fingerprint density at radius 2 is 1.45 bits per heavy atom. The molecule has 7 aromatic rings. The Hall–Kier alpha value is -4.18. The van der Waals surface area contributed by atoms with E-state index in [2.05, 4.69) is 128 Å². The Kier molecular flexibility index (Phi) is 5.18. The first-order valence-corrected chi connectivity index (χ1v) is 15.3. The molecule has 1 saturated carbocycles. The molecule has 4 aromatic carbocycles. The van der Waals surface area contributed by atoms with Crippen molar-refractivity contribution in [2.75, 3.05) is 0 Å². The van der Waals surface area contributed by atoms with Gasteiger partial charge in [-0.2, -0.15) is 0 Å². The lowest BCUT2D eigenvalue weighted by atomic mass is 9.71. The minimum absolute atomic E-state index is 0.0699. The second-order valence-electron chi connectivity index (χ2n) is 13.9. The van der Waals surface area contributed by atoms with Crippen LogP contribution < -0.4 is 0 Å². The molecule has 42 heavy (non-hydrogen) atoms. The summed E-state index contributed by atoms with van der Waals surface area (Å²) in [4.78, 5) is 10.8. The summed E-state index contributed by atoms with van der Waals surface area (Å²) in [5.41, 5.74) is 10.7. The van der Waals surface area contributed by atoms with Crippen LogP contribution in [0.25, 0.3) is 55.5 Å². The Bertz CT molecular complexity index is 2220. The molecule has 4 nitrogen and oxygen atoms in total. The summed E-state index contributed by atoms with van der Waals surface area (Å²) in [6.45, 7) is 11.5. The van der Waals surface area contributed by atoms with Crippen LogP contribution in [0.15, 0.2) is 84.9 Å². The molecule has 1 aliphatic rings. The van der Waals surface area contributed by atoms with E-state index < -0.39 is 5.89 Å². The van der Waals surface area contributed by atoms with Crippen molar-refractivity contribution in [2.24, 2.45) is 5.41 Å². The second-order valence-corrected chi connectivity index (χ2v) is 13.9. The van der Waals surface area contributed by atoms with Gasteiger partial charge in [0.15, 0.2) is 0 Å². The van der Waals surface area contributed by atoms with Gasteiger partial charge in [-0.05, 0) is 83.9 Å². The number of para-hydroxylation sites is 3. The SMILES string of the molecule is [2H]C1(c2ccc3c4c2nc(-c2ccccc2C(C)(C)C)n4c2ccccc2c2nc4ccccc4n32)CCC(C)(C)CC1. The molecule has 0 bridgehead atoms. The van der Waals surface area contributed by atoms with Crippen LogP contribution in [-0.2, 0) is 5.41 Å². The van der Waals surface area contributed by atoms with E-state index in [1.807, 2.05) is 0 Å². The van der Waals surface area contributed by atoms with E-state index in [9.17, 15) is 1.37 Å². The maximum atomic E-state index is 9.87. The molecule has 1 fully saturated rings. The number of hydrogen-bond donors (Lipinski definition) is 0. The van der Waals surface area contributed by atoms with E-state index in [1.165, 1.54) is 5.56 Å². The molecule has 3 aromatic heterocycles. The van der Waals surface area contributed by atoms with Crippen molar-refractivity contribution in [1.82, 2.24) is 18.8 Å². The molecule has 0 atom stereocenters. The van der Waals surface area contributed by atoms with E-state index in [4.69, 9.17) is 9.97 Å². The first-order chi connectivity index (χ1) is 20.6. The predicted octanol–water partition coefficient (Wildman–Crippen LogP) is 10.1. The first kappa shape index (κ1) is 24.4. The number of benzene rings is 4. The van der Waals surface area contributed by atoms with Gasteiger partial charge in [0.1, 0.15) is 11.5 Å². The zero-order valence-corrected chi connectivity index (χ0v) is 25.2. The number of rotatable bonds is 2. The van der Waals surface area contributed by atoms with Crippen molar-refractivity contribution in [3.05, 3.63) is 96.1 Å². The molecular formula is C38H38N4. The molecule has 0 spiro atoms. The highest BCUT2D eigenvalue weighted by Crippen LogP contribution is 2.46. The second kappa shape index (κ2) is 8.91. The molecule has 4 heteroatoms. The van der Waals surface area contributed by atoms with Gasteiger partial charge in [0.25, 0.3) is 0 Å². The number of fused-ring (bicyclic) bond motifs is 7. The Morgan fingerprint density at radius 3 is 2.24 bits per heavy atom. The largest absolute Gasteiger partial charge is 0.290 e. The number of hydrogen-bond acceptors (Lipinski definition) is 2. The van der Waals surface area contributed by atoms with Gasteiger partial charge in [-0.25, -0.2) is 9.97 Å². The quantitative estimate of drug-likeness (QED) is 0.214. The number of imidazole rings is 2. The fourth-order valence-electron chi connectivity index (χ4n) is 7.18. The Balaban J connectivity index is 1.61. The summed E-state index contributed by atoms with van der Waals surface area (Å²) < 4.78 is 14.5. The molecule has 0 unspecified atom stereocenters. The van der Waals surface area contributed by atoms with Gasteiger partial charge in [-0.15, -0.1) is 0 Å². The van der Waals surface area contributed by atoms with Gasteiger partial charge in [0, 0.05) is 12.3 Å². The minimum atomic E-state index is -0.681. The number of aromatic nitrogens is 4.